The molecule has 0 unspecified atom stereocenters. The summed E-state index contributed by atoms with van der Waals surface area (Å²) in [5.41, 5.74) is 0.972. The number of fused-ring (bicyclic) bond motifs is 1. The number of anilines is 1. The average Bonchev–Trinajstić information content (AvgIpc) is 2.63. The van der Waals surface area contributed by atoms with Crippen molar-refractivity contribution in [1.82, 2.24) is 0 Å². The first-order valence-electron chi connectivity index (χ1n) is 5.60. The van der Waals surface area contributed by atoms with Gasteiger partial charge in [-0.1, -0.05) is 0 Å². The molecule has 92 valence electrons. The first-order valence-corrected chi connectivity index (χ1v) is 5.60. The van der Waals surface area contributed by atoms with Gasteiger partial charge in [0, 0.05) is 13.0 Å². The number of amides is 1. The van der Waals surface area contributed by atoms with Crippen LogP contribution < -0.4 is 9.64 Å². The molecule has 1 amide bonds. The first-order chi connectivity index (χ1) is 8.69. The Kier molecular flexibility index (Phi) is 3.28. The average molecular weight is 244 g/mol. The summed E-state index contributed by atoms with van der Waals surface area (Å²) in [7, 11) is 1.51. The molecule has 0 saturated heterocycles. The molecular formula is C13H12N2O3. The van der Waals surface area contributed by atoms with Crippen LogP contribution in [0.15, 0.2) is 18.2 Å². The Bertz CT molecular complexity index is 546. The number of rotatable bonds is 4. The second-order valence-corrected chi connectivity index (χ2v) is 3.93. The van der Waals surface area contributed by atoms with E-state index >= 15 is 0 Å². The highest BCUT2D eigenvalue weighted by Crippen LogP contribution is 2.32. The highest BCUT2D eigenvalue weighted by Gasteiger charge is 2.35. The standard InChI is InChI=1S/C13H12N2O3/c1-18-9-4-5-11-10(8-9)12(16)13(17)15(11)7-3-2-6-14/h4-5,8H,2-3,7H2,1H3. The van der Waals surface area contributed by atoms with Gasteiger partial charge in [0.25, 0.3) is 11.7 Å². The number of benzene rings is 1. The van der Waals surface area contributed by atoms with Crippen LogP contribution in [-0.2, 0) is 4.79 Å². The summed E-state index contributed by atoms with van der Waals surface area (Å²) in [5, 5.41) is 8.48. The monoisotopic (exact) mass is 244 g/mol. The van der Waals surface area contributed by atoms with Crippen molar-refractivity contribution in [2.24, 2.45) is 0 Å². The Morgan fingerprint density at radius 2 is 2.17 bits per heavy atom. The van der Waals surface area contributed by atoms with E-state index in [2.05, 4.69) is 0 Å². The highest BCUT2D eigenvalue weighted by molar-refractivity contribution is 6.52. The number of ether oxygens (including phenoxy) is 1. The number of carbonyl (C=O) groups is 2. The molecule has 1 aliphatic rings. The molecule has 0 N–H and O–H groups in total. The van der Waals surface area contributed by atoms with Crippen LogP contribution in [0.5, 0.6) is 5.75 Å². The molecule has 1 aromatic rings. The van der Waals surface area contributed by atoms with E-state index < -0.39 is 11.7 Å². The van der Waals surface area contributed by atoms with Crippen LogP contribution in [0.4, 0.5) is 5.69 Å². The molecular weight excluding hydrogens is 232 g/mol. The van der Waals surface area contributed by atoms with E-state index in [1.165, 1.54) is 12.0 Å². The van der Waals surface area contributed by atoms with Gasteiger partial charge in [-0.3, -0.25) is 9.59 Å². The fraction of sp³-hybridized carbons (Fsp3) is 0.308. The Hall–Kier alpha value is -2.35. The van der Waals surface area contributed by atoms with Gasteiger partial charge in [-0.15, -0.1) is 0 Å². The minimum Gasteiger partial charge on any atom is -0.497 e. The van der Waals surface area contributed by atoms with Crippen molar-refractivity contribution in [2.75, 3.05) is 18.6 Å². The van der Waals surface area contributed by atoms with Gasteiger partial charge in [0.15, 0.2) is 0 Å². The summed E-state index contributed by atoms with van der Waals surface area (Å²) in [6, 6.07) is 6.99. The third-order valence-corrected chi connectivity index (χ3v) is 2.85. The zero-order valence-corrected chi connectivity index (χ0v) is 9.97. The van der Waals surface area contributed by atoms with Crippen molar-refractivity contribution in [2.45, 2.75) is 12.8 Å². The second-order valence-electron chi connectivity index (χ2n) is 3.93. The summed E-state index contributed by atoms with van der Waals surface area (Å²) in [6.45, 7) is 0.386. The molecule has 1 aliphatic heterocycles. The predicted molar refractivity (Wildman–Crippen MR) is 64.5 cm³/mol. The fourth-order valence-electron chi connectivity index (χ4n) is 1.94. The molecule has 0 atom stereocenters. The van der Waals surface area contributed by atoms with E-state index in [1.54, 1.807) is 18.2 Å². The largest absolute Gasteiger partial charge is 0.497 e. The SMILES string of the molecule is COc1ccc2c(c1)C(=O)C(=O)N2CCCC#N. The molecule has 5 heteroatoms. The second kappa shape index (κ2) is 4.88. The van der Waals surface area contributed by atoms with E-state index in [0.29, 0.717) is 36.4 Å². The number of unbranched alkanes of at least 4 members (excludes halogenated alkanes) is 1. The molecule has 18 heavy (non-hydrogen) atoms. The van der Waals surface area contributed by atoms with Crippen LogP contribution in [-0.4, -0.2) is 25.3 Å². The third-order valence-electron chi connectivity index (χ3n) is 2.85. The maximum absolute atomic E-state index is 11.8. The number of hydrogen-bond donors (Lipinski definition) is 0. The van der Waals surface area contributed by atoms with Gasteiger partial charge in [-0.2, -0.15) is 5.26 Å². The molecule has 0 spiro atoms. The van der Waals surface area contributed by atoms with Gasteiger partial charge < -0.3 is 9.64 Å². The first kappa shape index (κ1) is 12.1. The van der Waals surface area contributed by atoms with Crippen molar-refractivity contribution in [1.29, 1.82) is 5.26 Å². The predicted octanol–water partition coefficient (Wildman–Crippen LogP) is 1.53. The quantitative estimate of drug-likeness (QED) is 0.594. The molecule has 0 radical (unpaired) electrons. The number of nitriles is 1. The maximum Gasteiger partial charge on any atom is 0.299 e. The Labute approximate surface area is 105 Å². The van der Waals surface area contributed by atoms with Crippen LogP contribution in [0.3, 0.4) is 0 Å². The third kappa shape index (κ3) is 1.93. The molecule has 1 heterocycles. The van der Waals surface area contributed by atoms with Crippen LogP contribution in [0, 0.1) is 11.3 Å². The van der Waals surface area contributed by atoms with E-state index in [4.69, 9.17) is 10.00 Å². The Morgan fingerprint density at radius 1 is 1.39 bits per heavy atom. The lowest BCUT2D eigenvalue weighted by molar-refractivity contribution is -0.114. The summed E-state index contributed by atoms with van der Waals surface area (Å²) < 4.78 is 5.03. The molecule has 0 fully saturated rings. The van der Waals surface area contributed by atoms with Crippen LogP contribution >= 0.6 is 0 Å². The Morgan fingerprint density at radius 3 is 2.83 bits per heavy atom. The van der Waals surface area contributed by atoms with E-state index in [-0.39, 0.29) is 0 Å². The molecule has 0 aliphatic carbocycles. The zero-order chi connectivity index (χ0) is 13.1. The lowest BCUT2D eigenvalue weighted by Crippen LogP contribution is -2.30. The normalized spacial score (nSPS) is 13.4. The molecule has 0 bridgehead atoms. The summed E-state index contributed by atoms with van der Waals surface area (Å²) >= 11 is 0. The molecule has 0 aromatic heterocycles. The summed E-state index contributed by atoms with van der Waals surface area (Å²) in [4.78, 5) is 25.0. The van der Waals surface area contributed by atoms with Gasteiger partial charge in [0.05, 0.1) is 24.4 Å². The zero-order valence-electron chi connectivity index (χ0n) is 9.97. The minimum absolute atomic E-state index is 0.365. The van der Waals surface area contributed by atoms with Crippen molar-refractivity contribution in [3.05, 3.63) is 23.8 Å². The summed E-state index contributed by atoms with van der Waals surface area (Å²) in [5.74, 6) is -0.495. The van der Waals surface area contributed by atoms with Crippen LogP contribution in [0.2, 0.25) is 0 Å². The topological polar surface area (TPSA) is 70.4 Å². The molecule has 5 nitrogen and oxygen atoms in total. The van der Waals surface area contributed by atoms with Gasteiger partial charge in [0.2, 0.25) is 0 Å². The van der Waals surface area contributed by atoms with E-state index in [1.807, 2.05) is 6.07 Å². The highest BCUT2D eigenvalue weighted by atomic mass is 16.5. The van der Waals surface area contributed by atoms with Gasteiger partial charge in [-0.25, -0.2) is 0 Å². The number of hydrogen-bond acceptors (Lipinski definition) is 4. The Balaban J connectivity index is 2.29. The minimum atomic E-state index is -0.531. The number of carbonyl (C=O) groups excluding carboxylic acids is 2. The molecule has 2 rings (SSSR count). The smallest absolute Gasteiger partial charge is 0.299 e. The fourth-order valence-corrected chi connectivity index (χ4v) is 1.94. The van der Waals surface area contributed by atoms with E-state index in [0.717, 1.165) is 0 Å². The number of ketones is 1. The van der Waals surface area contributed by atoms with Crippen LogP contribution in [0.1, 0.15) is 23.2 Å². The lowest BCUT2D eigenvalue weighted by Gasteiger charge is -2.15. The van der Waals surface area contributed by atoms with Gasteiger partial charge in [0.1, 0.15) is 5.75 Å². The number of nitrogens with zero attached hydrogens (tertiary/aromatic N) is 2. The molecule has 1 aromatic carbocycles. The van der Waals surface area contributed by atoms with E-state index in [9.17, 15) is 9.59 Å². The van der Waals surface area contributed by atoms with Gasteiger partial charge >= 0.3 is 0 Å². The van der Waals surface area contributed by atoms with Gasteiger partial charge in [-0.05, 0) is 24.6 Å². The van der Waals surface area contributed by atoms with Crippen molar-refractivity contribution in [3.8, 4) is 11.8 Å². The van der Waals surface area contributed by atoms with Crippen molar-refractivity contribution in [3.63, 3.8) is 0 Å². The summed E-state index contributed by atoms with van der Waals surface area (Å²) in [6.07, 6.45) is 0.921. The lowest BCUT2D eigenvalue weighted by atomic mass is 10.1. The van der Waals surface area contributed by atoms with Crippen molar-refractivity contribution < 1.29 is 14.3 Å². The van der Waals surface area contributed by atoms with Crippen LogP contribution in [0.25, 0.3) is 0 Å². The number of methoxy groups -OCH3 is 1. The van der Waals surface area contributed by atoms with Crippen molar-refractivity contribution >= 4 is 17.4 Å². The molecule has 0 saturated carbocycles. The number of Topliss-reactive ketones (excluding diaryl/α,β-unsaturated/α-hetero) is 1. The maximum atomic E-state index is 11.8.